The molecule has 0 saturated carbocycles. The second-order valence-corrected chi connectivity index (χ2v) is 6.15. The van der Waals surface area contributed by atoms with Crippen LogP contribution in [0.3, 0.4) is 0 Å². The van der Waals surface area contributed by atoms with Gasteiger partial charge in [0.05, 0.1) is 0 Å². The van der Waals surface area contributed by atoms with Crippen LogP contribution in [0.2, 0.25) is 0 Å². The predicted molar refractivity (Wildman–Crippen MR) is 84.5 cm³/mol. The number of rotatable bonds is 9. The Morgan fingerprint density at radius 1 is 1.26 bits per heavy atom. The lowest BCUT2D eigenvalue weighted by molar-refractivity contribution is 0.546. The molecule has 0 saturated heterocycles. The van der Waals surface area contributed by atoms with E-state index in [4.69, 9.17) is 0 Å². The molecular formula is C16H26FNS. The first-order chi connectivity index (χ1) is 9.17. The maximum Gasteiger partial charge on any atom is 0.123 e. The largest absolute Gasteiger partial charge is 0.313 e. The summed E-state index contributed by atoms with van der Waals surface area (Å²) in [5.74, 6) is 2.17. The molecule has 108 valence electrons. The fourth-order valence-electron chi connectivity index (χ4n) is 2.03. The molecule has 1 rings (SSSR count). The van der Waals surface area contributed by atoms with Gasteiger partial charge in [-0.15, -0.1) is 0 Å². The van der Waals surface area contributed by atoms with Gasteiger partial charge in [-0.05, 0) is 61.7 Å². The van der Waals surface area contributed by atoms with E-state index in [0.717, 1.165) is 30.7 Å². The van der Waals surface area contributed by atoms with Crippen LogP contribution in [-0.2, 0) is 6.42 Å². The van der Waals surface area contributed by atoms with Crippen LogP contribution in [0.25, 0.3) is 0 Å². The summed E-state index contributed by atoms with van der Waals surface area (Å²) in [6.07, 6.45) is 3.27. The number of benzene rings is 1. The van der Waals surface area contributed by atoms with Crippen molar-refractivity contribution < 1.29 is 4.39 Å². The minimum absolute atomic E-state index is 0.129. The minimum Gasteiger partial charge on any atom is -0.313 e. The maximum absolute atomic E-state index is 13.3. The van der Waals surface area contributed by atoms with Gasteiger partial charge in [-0.1, -0.05) is 19.9 Å². The van der Waals surface area contributed by atoms with Gasteiger partial charge in [-0.3, -0.25) is 0 Å². The zero-order valence-corrected chi connectivity index (χ0v) is 13.2. The van der Waals surface area contributed by atoms with E-state index in [9.17, 15) is 4.39 Å². The summed E-state index contributed by atoms with van der Waals surface area (Å²) in [5.41, 5.74) is 2.32. The highest BCUT2D eigenvalue weighted by atomic mass is 32.2. The predicted octanol–water partition coefficient (Wildman–Crippen LogP) is 4.19. The maximum atomic E-state index is 13.3. The number of hydrogen-bond acceptors (Lipinski definition) is 2. The van der Waals surface area contributed by atoms with Crippen molar-refractivity contribution in [3.8, 4) is 0 Å². The molecule has 1 unspecified atom stereocenters. The third-order valence-electron chi connectivity index (χ3n) is 3.13. The standard InChI is InChI=1S/C16H26FNS/c1-4-8-18-16(12-19-9-5-2)11-14-10-15(17)7-6-13(14)3/h6-7,10,16,18H,4-5,8-9,11-12H2,1-3H3. The van der Waals surface area contributed by atoms with Crippen molar-refractivity contribution in [3.63, 3.8) is 0 Å². The molecule has 3 heteroatoms. The first-order valence-corrected chi connectivity index (χ1v) is 8.39. The molecule has 1 aromatic rings. The Morgan fingerprint density at radius 3 is 2.74 bits per heavy atom. The smallest absolute Gasteiger partial charge is 0.123 e. The molecule has 1 atom stereocenters. The molecule has 0 aromatic heterocycles. The van der Waals surface area contributed by atoms with E-state index >= 15 is 0 Å². The van der Waals surface area contributed by atoms with Crippen LogP contribution in [0, 0.1) is 12.7 Å². The van der Waals surface area contributed by atoms with E-state index in [1.54, 1.807) is 12.1 Å². The molecule has 0 spiro atoms. The Kier molecular flexibility index (Phi) is 8.15. The Balaban J connectivity index is 2.61. The molecule has 0 fully saturated rings. The van der Waals surface area contributed by atoms with Crippen molar-refractivity contribution in [3.05, 3.63) is 35.1 Å². The molecule has 1 nitrogen and oxygen atoms in total. The topological polar surface area (TPSA) is 12.0 Å². The molecule has 0 aliphatic heterocycles. The lowest BCUT2D eigenvalue weighted by Crippen LogP contribution is -2.34. The Bertz CT molecular complexity index is 368. The van der Waals surface area contributed by atoms with Gasteiger partial charge in [-0.2, -0.15) is 11.8 Å². The SMILES string of the molecule is CCCNC(CSCCC)Cc1cc(F)ccc1C. The molecule has 19 heavy (non-hydrogen) atoms. The summed E-state index contributed by atoms with van der Waals surface area (Å²) in [4.78, 5) is 0. The average molecular weight is 283 g/mol. The van der Waals surface area contributed by atoms with Crippen molar-refractivity contribution in [2.24, 2.45) is 0 Å². The molecule has 1 aromatic carbocycles. The van der Waals surface area contributed by atoms with Crippen molar-refractivity contribution in [1.82, 2.24) is 5.32 Å². The molecule has 1 N–H and O–H groups in total. The molecule has 0 radical (unpaired) electrons. The summed E-state index contributed by atoms with van der Waals surface area (Å²) < 4.78 is 13.3. The molecule has 0 aliphatic rings. The Hall–Kier alpha value is -0.540. The molecule has 0 heterocycles. The Morgan fingerprint density at radius 2 is 2.05 bits per heavy atom. The van der Waals surface area contributed by atoms with E-state index in [2.05, 4.69) is 26.1 Å². The van der Waals surface area contributed by atoms with E-state index in [1.807, 2.05) is 17.8 Å². The summed E-state index contributed by atoms with van der Waals surface area (Å²) in [7, 11) is 0. The van der Waals surface area contributed by atoms with Crippen LogP contribution >= 0.6 is 11.8 Å². The fourth-order valence-corrected chi connectivity index (χ4v) is 3.01. The lowest BCUT2D eigenvalue weighted by Gasteiger charge is -2.19. The van der Waals surface area contributed by atoms with Crippen molar-refractivity contribution in [2.45, 2.75) is 46.1 Å². The van der Waals surface area contributed by atoms with E-state index in [0.29, 0.717) is 6.04 Å². The third-order valence-corrected chi connectivity index (χ3v) is 4.46. The highest BCUT2D eigenvalue weighted by Gasteiger charge is 2.11. The van der Waals surface area contributed by atoms with Crippen LogP contribution in [-0.4, -0.2) is 24.1 Å². The van der Waals surface area contributed by atoms with Gasteiger partial charge >= 0.3 is 0 Å². The number of nitrogens with one attached hydrogen (secondary N) is 1. The highest BCUT2D eigenvalue weighted by Crippen LogP contribution is 2.15. The van der Waals surface area contributed by atoms with Gasteiger partial charge in [0.1, 0.15) is 5.82 Å². The number of thioether (sulfide) groups is 1. The summed E-state index contributed by atoms with van der Waals surface area (Å²) >= 11 is 1.98. The van der Waals surface area contributed by atoms with Gasteiger partial charge in [0.15, 0.2) is 0 Å². The molecule has 0 aliphatic carbocycles. The fraction of sp³-hybridized carbons (Fsp3) is 0.625. The van der Waals surface area contributed by atoms with E-state index < -0.39 is 0 Å². The van der Waals surface area contributed by atoms with Crippen LogP contribution in [0.15, 0.2) is 18.2 Å². The lowest BCUT2D eigenvalue weighted by atomic mass is 10.0. The molecule has 0 amide bonds. The van der Waals surface area contributed by atoms with Gasteiger partial charge in [-0.25, -0.2) is 4.39 Å². The van der Waals surface area contributed by atoms with E-state index in [-0.39, 0.29) is 5.82 Å². The average Bonchev–Trinajstić information content (AvgIpc) is 2.40. The van der Waals surface area contributed by atoms with Crippen LogP contribution in [0.4, 0.5) is 4.39 Å². The monoisotopic (exact) mass is 283 g/mol. The van der Waals surface area contributed by atoms with Gasteiger partial charge in [0.25, 0.3) is 0 Å². The highest BCUT2D eigenvalue weighted by molar-refractivity contribution is 7.99. The zero-order chi connectivity index (χ0) is 14.1. The zero-order valence-electron chi connectivity index (χ0n) is 12.3. The van der Waals surface area contributed by atoms with Crippen LogP contribution in [0.5, 0.6) is 0 Å². The second-order valence-electron chi connectivity index (χ2n) is 5.00. The normalized spacial score (nSPS) is 12.6. The minimum atomic E-state index is -0.129. The molecular weight excluding hydrogens is 257 g/mol. The first kappa shape index (κ1) is 16.5. The van der Waals surface area contributed by atoms with Gasteiger partial charge < -0.3 is 5.32 Å². The summed E-state index contributed by atoms with van der Waals surface area (Å²) in [6, 6.07) is 5.54. The van der Waals surface area contributed by atoms with Crippen molar-refractivity contribution in [2.75, 3.05) is 18.1 Å². The van der Waals surface area contributed by atoms with Crippen molar-refractivity contribution in [1.29, 1.82) is 0 Å². The van der Waals surface area contributed by atoms with Gasteiger partial charge in [0.2, 0.25) is 0 Å². The number of halogens is 1. The third kappa shape index (κ3) is 6.44. The summed E-state index contributed by atoms with van der Waals surface area (Å²) in [5, 5.41) is 3.58. The first-order valence-electron chi connectivity index (χ1n) is 7.23. The molecule has 0 bridgehead atoms. The Labute approximate surface area is 121 Å². The van der Waals surface area contributed by atoms with Crippen molar-refractivity contribution >= 4 is 11.8 Å². The van der Waals surface area contributed by atoms with E-state index in [1.165, 1.54) is 17.7 Å². The summed E-state index contributed by atoms with van der Waals surface area (Å²) in [6.45, 7) is 7.48. The van der Waals surface area contributed by atoms with Crippen LogP contribution < -0.4 is 5.32 Å². The number of aryl methyl sites for hydroxylation is 1. The second kappa shape index (κ2) is 9.38. The quantitative estimate of drug-likeness (QED) is 0.682. The number of hydrogen-bond donors (Lipinski definition) is 1. The van der Waals surface area contributed by atoms with Gasteiger partial charge in [0, 0.05) is 11.8 Å². The van der Waals surface area contributed by atoms with Crippen LogP contribution in [0.1, 0.15) is 37.8 Å².